The highest BCUT2D eigenvalue weighted by atomic mass is 32.2. The zero-order valence-electron chi connectivity index (χ0n) is 10.8. The number of sulfone groups is 1. The highest BCUT2D eigenvalue weighted by Gasteiger charge is 2.35. The summed E-state index contributed by atoms with van der Waals surface area (Å²) in [4.78, 5) is 0.419. The van der Waals surface area contributed by atoms with E-state index < -0.39 is 9.84 Å². The van der Waals surface area contributed by atoms with Crippen LogP contribution in [0.2, 0.25) is 0 Å². The van der Waals surface area contributed by atoms with Crippen LogP contribution in [-0.2, 0) is 9.84 Å². The van der Waals surface area contributed by atoms with Crippen LogP contribution in [0.1, 0.15) is 39.0 Å². The SMILES string of the molecule is CCC1CCCCC1S(=O)(=O)c1ccc(N)cc1. The van der Waals surface area contributed by atoms with E-state index in [2.05, 4.69) is 6.92 Å². The Hall–Kier alpha value is -1.03. The maximum Gasteiger partial charge on any atom is 0.181 e. The first-order chi connectivity index (χ1) is 8.55. The summed E-state index contributed by atoms with van der Waals surface area (Å²) in [6.45, 7) is 2.08. The Morgan fingerprint density at radius 3 is 2.39 bits per heavy atom. The molecule has 100 valence electrons. The molecule has 0 aromatic heterocycles. The normalized spacial score (nSPS) is 24.9. The molecule has 1 aromatic carbocycles. The third-order valence-corrected chi connectivity index (χ3v) is 6.32. The first-order valence-corrected chi connectivity index (χ1v) is 8.19. The van der Waals surface area contributed by atoms with Crippen LogP contribution in [0.15, 0.2) is 29.2 Å². The minimum absolute atomic E-state index is 0.208. The second-order valence-corrected chi connectivity index (χ2v) is 7.27. The lowest BCUT2D eigenvalue weighted by molar-refractivity contribution is 0.348. The van der Waals surface area contributed by atoms with E-state index in [1.807, 2.05) is 0 Å². The largest absolute Gasteiger partial charge is 0.399 e. The van der Waals surface area contributed by atoms with Crippen LogP contribution >= 0.6 is 0 Å². The quantitative estimate of drug-likeness (QED) is 0.856. The number of rotatable bonds is 3. The van der Waals surface area contributed by atoms with Crippen molar-refractivity contribution in [1.29, 1.82) is 0 Å². The van der Waals surface area contributed by atoms with E-state index in [0.29, 0.717) is 16.5 Å². The molecule has 1 aromatic rings. The van der Waals surface area contributed by atoms with Gasteiger partial charge in [0.2, 0.25) is 0 Å². The summed E-state index contributed by atoms with van der Waals surface area (Å²) < 4.78 is 25.3. The molecule has 2 atom stereocenters. The third-order valence-electron chi connectivity index (χ3n) is 3.97. The molecule has 1 saturated carbocycles. The molecule has 0 bridgehead atoms. The van der Waals surface area contributed by atoms with Crippen molar-refractivity contribution < 1.29 is 8.42 Å². The Morgan fingerprint density at radius 1 is 1.17 bits per heavy atom. The van der Waals surface area contributed by atoms with Crippen molar-refractivity contribution in [3.63, 3.8) is 0 Å². The van der Waals surface area contributed by atoms with Crippen molar-refractivity contribution in [3.05, 3.63) is 24.3 Å². The van der Waals surface area contributed by atoms with Crippen LogP contribution in [0, 0.1) is 5.92 Å². The molecule has 18 heavy (non-hydrogen) atoms. The van der Waals surface area contributed by atoms with E-state index in [1.54, 1.807) is 24.3 Å². The van der Waals surface area contributed by atoms with Gasteiger partial charge in [-0.2, -0.15) is 0 Å². The second kappa shape index (κ2) is 5.31. The number of benzene rings is 1. The molecular formula is C14H21NO2S. The van der Waals surface area contributed by atoms with Crippen LogP contribution in [0.5, 0.6) is 0 Å². The van der Waals surface area contributed by atoms with Gasteiger partial charge in [-0.15, -0.1) is 0 Å². The lowest BCUT2D eigenvalue weighted by Crippen LogP contribution is -2.32. The van der Waals surface area contributed by atoms with Gasteiger partial charge in [0, 0.05) is 5.69 Å². The van der Waals surface area contributed by atoms with Gasteiger partial charge in [0.1, 0.15) is 0 Å². The van der Waals surface area contributed by atoms with Gasteiger partial charge < -0.3 is 5.73 Å². The molecule has 1 fully saturated rings. The summed E-state index contributed by atoms with van der Waals surface area (Å²) in [6, 6.07) is 6.59. The van der Waals surface area contributed by atoms with Crippen molar-refractivity contribution in [2.24, 2.45) is 5.92 Å². The topological polar surface area (TPSA) is 60.2 Å². The highest BCUT2D eigenvalue weighted by Crippen LogP contribution is 2.34. The lowest BCUT2D eigenvalue weighted by Gasteiger charge is -2.30. The van der Waals surface area contributed by atoms with Crippen molar-refractivity contribution in [1.82, 2.24) is 0 Å². The number of nitrogen functional groups attached to an aromatic ring is 1. The third kappa shape index (κ3) is 2.53. The van der Waals surface area contributed by atoms with E-state index in [9.17, 15) is 8.42 Å². The predicted octanol–water partition coefficient (Wildman–Crippen LogP) is 3.01. The van der Waals surface area contributed by atoms with Gasteiger partial charge in [0.25, 0.3) is 0 Å². The number of hydrogen-bond acceptors (Lipinski definition) is 3. The Morgan fingerprint density at radius 2 is 1.78 bits per heavy atom. The summed E-state index contributed by atoms with van der Waals surface area (Å²) in [5.41, 5.74) is 6.21. The molecule has 2 unspecified atom stereocenters. The molecule has 0 radical (unpaired) electrons. The fraction of sp³-hybridized carbons (Fsp3) is 0.571. The van der Waals surface area contributed by atoms with E-state index >= 15 is 0 Å². The van der Waals surface area contributed by atoms with Crippen LogP contribution in [-0.4, -0.2) is 13.7 Å². The highest BCUT2D eigenvalue weighted by molar-refractivity contribution is 7.92. The average molecular weight is 267 g/mol. The molecule has 2 N–H and O–H groups in total. The Kier molecular flexibility index (Phi) is 3.95. The van der Waals surface area contributed by atoms with Gasteiger partial charge >= 0.3 is 0 Å². The zero-order valence-corrected chi connectivity index (χ0v) is 11.6. The molecule has 0 amide bonds. The fourth-order valence-electron chi connectivity index (χ4n) is 2.88. The maximum atomic E-state index is 12.6. The minimum atomic E-state index is -3.20. The van der Waals surface area contributed by atoms with Crippen LogP contribution in [0.4, 0.5) is 5.69 Å². The van der Waals surface area contributed by atoms with Gasteiger partial charge in [-0.05, 0) is 43.0 Å². The number of hydrogen-bond donors (Lipinski definition) is 1. The number of anilines is 1. The lowest BCUT2D eigenvalue weighted by atomic mass is 9.87. The summed E-state index contributed by atoms with van der Waals surface area (Å²) in [5.74, 6) is 0.307. The smallest absolute Gasteiger partial charge is 0.181 e. The van der Waals surface area contributed by atoms with Crippen LogP contribution in [0.25, 0.3) is 0 Å². The fourth-order valence-corrected chi connectivity index (χ4v) is 5.06. The molecule has 4 heteroatoms. The van der Waals surface area contributed by atoms with Gasteiger partial charge in [-0.1, -0.05) is 26.2 Å². The van der Waals surface area contributed by atoms with Gasteiger partial charge in [0.05, 0.1) is 10.1 Å². The summed E-state index contributed by atoms with van der Waals surface area (Å²) in [5, 5.41) is -0.208. The van der Waals surface area contributed by atoms with Gasteiger partial charge in [-0.25, -0.2) is 8.42 Å². The molecule has 1 aliphatic rings. The average Bonchev–Trinajstić information content (AvgIpc) is 2.39. The summed E-state index contributed by atoms with van der Waals surface area (Å²) >= 11 is 0. The Labute approximate surface area is 109 Å². The number of nitrogens with two attached hydrogens (primary N) is 1. The van der Waals surface area contributed by atoms with Gasteiger partial charge in [0.15, 0.2) is 9.84 Å². The van der Waals surface area contributed by atoms with E-state index in [-0.39, 0.29) is 5.25 Å². The first kappa shape index (κ1) is 13.4. The monoisotopic (exact) mass is 267 g/mol. The standard InChI is InChI=1S/C14H21NO2S/c1-2-11-5-3-4-6-14(11)18(16,17)13-9-7-12(15)8-10-13/h7-11,14H,2-6,15H2,1H3. The molecule has 1 aliphatic carbocycles. The summed E-state index contributed by atoms with van der Waals surface area (Å²) in [7, 11) is -3.20. The molecule has 0 saturated heterocycles. The molecule has 0 spiro atoms. The molecule has 3 nitrogen and oxygen atoms in total. The zero-order chi connectivity index (χ0) is 13.2. The molecule has 2 rings (SSSR count). The first-order valence-electron chi connectivity index (χ1n) is 6.65. The van der Waals surface area contributed by atoms with Crippen molar-refractivity contribution in [2.75, 3.05) is 5.73 Å². The minimum Gasteiger partial charge on any atom is -0.399 e. The predicted molar refractivity (Wildman–Crippen MR) is 74.1 cm³/mol. The maximum absolute atomic E-state index is 12.6. The molecule has 0 heterocycles. The Balaban J connectivity index is 2.32. The molecule has 0 aliphatic heterocycles. The van der Waals surface area contributed by atoms with E-state index in [1.165, 1.54) is 0 Å². The van der Waals surface area contributed by atoms with Crippen LogP contribution in [0.3, 0.4) is 0 Å². The van der Waals surface area contributed by atoms with Crippen molar-refractivity contribution >= 4 is 15.5 Å². The van der Waals surface area contributed by atoms with Crippen molar-refractivity contribution in [3.8, 4) is 0 Å². The molecular weight excluding hydrogens is 246 g/mol. The van der Waals surface area contributed by atoms with E-state index in [0.717, 1.165) is 32.1 Å². The van der Waals surface area contributed by atoms with Crippen molar-refractivity contribution in [2.45, 2.75) is 49.2 Å². The van der Waals surface area contributed by atoms with E-state index in [4.69, 9.17) is 5.73 Å². The summed E-state index contributed by atoms with van der Waals surface area (Å²) in [6.07, 6.45) is 4.96. The van der Waals surface area contributed by atoms with Crippen LogP contribution < -0.4 is 5.73 Å². The second-order valence-electron chi connectivity index (χ2n) is 5.11. The van der Waals surface area contributed by atoms with Gasteiger partial charge in [-0.3, -0.25) is 0 Å². The Bertz CT molecular complexity index is 493.